The second-order valence-electron chi connectivity index (χ2n) is 5.70. The van der Waals surface area contributed by atoms with E-state index in [-0.39, 0.29) is 12.6 Å². The topological polar surface area (TPSA) is 88.5 Å². The van der Waals surface area contributed by atoms with Crippen LogP contribution in [-0.4, -0.2) is 34.6 Å². The number of hydrogen-bond donors (Lipinski definition) is 2. The lowest BCUT2D eigenvalue weighted by molar-refractivity contribution is -0.138. The van der Waals surface area contributed by atoms with Gasteiger partial charge in [-0.15, -0.1) is 0 Å². The molecule has 7 heteroatoms. The first-order chi connectivity index (χ1) is 11.9. The van der Waals surface area contributed by atoms with E-state index in [9.17, 15) is 19.1 Å². The van der Waals surface area contributed by atoms with Gasteiger partial charge in [0.15, 0.2) is 0 Å². The first kappa shape index (κ1) is 18.4. The lowest BCUT2D eigenvalue weighted by Crippen LogP contribution is -2.31. The van der Waals surface area contributed by atoms with Crippen LogP contribution >= 0.6 is 0 Å². The van der Waals surface area contributed by atoms with Crippen LogP contribution in [0.3, 0.4) is 0 Å². The van der Waals surface area contributed by atoms with Gasteiger partial charge >= 0.3 is 5.97 Å². The average molecular weight is 346 g/mol. The Morgan fingerprint density at radius 2 is 1.88 bits per heavy atom. The van der Waals surface area contributed by atoms with Crippen molar-refractivity contribution in [1.29, 1.82) is 0 Å². The highest BCUT2D eigenvalue weighted by atomic mass is 19.1. The molecule has 2 N–H and O–H groups in total. The molecule has 0 spiro atoms. The van der Waals surface area contributed by atoms with Gasteiger partial charge in [-0.2, -0.15) is 0 Å². The summed E-state index contributed by atoms with van der Waals surface area (Å²) in [5.41, 5.74) is 0.701. The van der Waals surface area contributed by atoms with Crippen LogP contribution in [0.1, 0.15) is 35.7 Å². The zero-order valence-electron chi connectivity index (χ0n) is 13.9. The molecular weight excluding hydrogens is 327 g/mol. The Morgan fingerprint density at radius 3 is 2.40 bits per heavy atom. The van der Waals surface area contributed by atoms with Gasteiger partial charge in [-0.05, 0) is 37.6 Å². The summed E-state index contributed by atoms with van der Waals surface area (Å²) < 4.78 is 18.4. The molecule has 1 heterocycles. The molecule has 1 aromatic heterocycles. The SMILES string of the molecule is CC(C)Oc1ccc(C(=O)NCC(C(=O)O)c2ccc(F)cc2)cn1. The van der Waals surface area contributed by atoms with E-state index in [1.54, 1.807) is 12.1 Å². The maximum absolute atomic E-state index is 13.0. The van der Waals surface area contributed by atoms with Crippen molar-refractivity contribution < 1.29 is 23.8 Å². The summed E-state index contributed by atoms with van der Waals surface area (Å²) in [6.07, 6.45) is 1.33. The van der Waals surface area contributed by atoms with E-state index in [0.29, 0.717) is 17.0 Å². The number of carboxylic acids is 1. The smallest absolute Gasteiger partial charge is 0.312 e. The molecule has 1 aromatic carbocycles. The number of ether oxygens (including phenoxy) is 1. The van der Waals surface area contributed by atoms with Crippen molar-refractivity contribution in [2.24, 2.45) is 0 Å². The van der Waals surface area contributed by atoms with Gasteiger partial charge in [-0.25, -0.2) is 9.37 Å². The maximum atomic E-state index is 13.0. The number of aliphatic carboxylic acids is 1. The molecule has 0 aliphatic heterocycles. The van der Waals surface area contributed by atoms with E-state index >= 15 is 0 Å². The Kier molecular flexibility index (Phi) is 6.05. The number of pyridine rings is 1. The molecule has 0 bridgehead atoms. The van der Waals surface area contributed by atoms with Gasteiger partial charge in [-0.3, -0.25) is 9.59 Å². The van der Waals surface area contributed by atoms with E-state index in [0.717, 1.165) is 0 Å². The van der Waals surface area contributed by atoms with Gasteiger partial charge in [-0.1, -0.05) is 12.1 Å². The number of halogens is 1. The lowest BCUT2D eigenvalue weighted by Gasteiger charge is -2.14. The third kappa shape index (κ3) is 5.27. The molecule has 6 nitrogen and oxygen atoms in total. The molecule has 0 aliphatic rings. The minimum atomic E-state index is -1.11. The zero-order chi connectivity index (χ0) is 18.4. The van der Waals surface area contributed by atoms with Gasteiger partial charge in [0.1, 0.15) is 5.82 Å². The summed E-state index contributed by atoms with van der Waals surface area (Å²) >= 11 is 0. The van der Waals surface area contributed by atoms with Gasteiger partial charge < -0.3 is 15.2 Å². The van der Waals surface area contributed by atoms with Crippen LogP contribution in [0.5, 0.6) is 5.88 Å². The number of rotatable bonds is 7. The number of carbonyl (C=O) groups excluding carboxylic acids is 1. The van der Waals surface area contributed by atoms with Crippen LogP contribution < -0.4 is 10.1 Å². The fourth-order valence-corrected chi connectivity index (χ4v) is 2.17. The first-order valence-corrected chi connectivity index (χ1v) is 7.76. The fraction of sp³-hybridized carbons (Fsp3) is 0.278. The Morgan fingerprint density at radius 1 is 1.20 bits per heavy atom. The maximum Gasteiger partial charge on any atom is 0.312 e. The van der Waals surface area contributed by atoms with Crippen molar-refractivity contribution in [2.45, 2.75) is 25.9 Å². The van der Waals surface area contributed by atoms with Gasteiger partial charge in [0.25, 0.3) is 5.91 Å². The normalized spacial score (nSPS) is 11.8. The van der Waals surface area contributed by atoms with Crippen molar-refractivity contribution in [3.8, 4) is 5.88 Å². The molecule has 132 valence electrons. The molecule has 25 heavy (non-hydrogen) atoms. The van der Waals surface area contributed by atoms with Crippen LogP contribution in [0.4, 0.5) is 4.39 Å². The average Bonchev–Trinajstić information content (AvgIpc) is 2.56. The lowest BCUT2D eigenvalue weighted by atomic mass is 9.99. The highest BCUT2D eigenvalue weighted by Gasteiger charge is 2.21. The predicted molar refractivity (Wildman–Crippen MR) is 89.1 cm³/mol. The van der Waals surface area contributed by atoms with Gasteiger partial charge in [0, 0.05) is 18.8 Å². The Bertz CT molecular complexity index is 730. The summed E-state index contributed by atoms with van der Waals surface area (Å²) in [5.74, 6) is -2.57. The summed E-state index contributed by atoms with van der Waals surface area (Å²) in [7, 11) is 0. The van der Waals surface area contributed by atoms with Gasteiger partial charge in [0.2, 0.25) is 5.88 Å². The summed E-state index contributed by atoms with van der Waals surface area (Å²) in [6.45, 7) is 3.61. The minimum absolute atomic E-state index is 0.0285. The van der Waals surface area contributed by atoms with E-state index < -0.39 is 23.6 Å². The van der Waals surface area contributed by atoms with Crippen molar-refractivity contribution in [3.05, 3.63) is 59.5 Å². The number of carboxylic acid groups (broad SMARTS) is 1. The third-order valence-corrected chi connectivity index (χ3v) is 3.39. The van der Waals surface area contributed by atoms with Crippen molar-refractivity contribution in [1.82, 2.24) is 10.3 Å². The summed E-state index contributed by atoms with van der Waals surface area (Å²) in [6, 6.07) is 8.27. The Labute approximate surface area is 144 Å². The van der Waals surface area contributed by atoms with Crippen molar-refractivity contribution in [2.75, 3.05) is 6.54 Å². The summed E-state index contributed by atoms with van der Waals surface area (Å²) in [5, 5.41) is 11.9. The van der Waals surface area contributed by atoms with Gasteiger partial charge in [0.05, 0.1) is 17.6 Å². The molecule has 0 saturated heterocycles. The van der Waals surface area contributed by atoms with Crippen LogP contribution in [0.25, 0.3) is 0 Å². The standard InChI is InChI=1S/C18H19FN2O4/c1-11(2)25-16-8-5-13(9-20-16)17(22)21-10-15(18(23)24)12-3-6-14(19)7-4-12/h3-9,11,15H,10H2,1-2H3,(H,21,22)(H,23,24). The fourth-order valence-electron chi connectivity index (χ4n) is 2.17. The molecule has 1 amide bonds. The van der Waals surface area contributed by atoms with Crippen molar-refractivity contribution >= 4 is 11.9 Å². The minimum Gasteiger partial charge on any atom is -0.481 e. The van der Waals surface area contributed by atoms with E-state index in [1.165, 1.54) is 30.5 Å². The monoisotopic (exact) mass is 346 g/mol. The number of aromatic nitrogens is 1. The molecule has 2 aromatic rings. The Hall–Kier alpha value is -2.96. The Balaban J connectivity index is 2.01. The molecule has 0 radical (unpaired) electrons. The number of nitrogens with zero attached hydrogens (tertiary/aromatic N) is 1. The third-order valence-electron chi connectivity index (χ3n) is 3.39. The zero-order valence-corrected chi connectivity index (χ0v) is 13.9. The predicted octanol–water partition coefficient (Wildman–Crippen LogP) is 2.61. The van der Waals surface area contributed by atoms with E-state index in [1.807, 2.05) is 13.8 Å². The second-order valence-corrected chi connectivity index (χ2v) is 5.70. The molecule has 0 saturated carbocycles. The second kappa shape index (κ2) is 8.23. The molecule has 0 fully saturated rings. The van der Waals surface area contributed by atoms with Crippen LogP contribution in [0.2, 0.25) is 0 Å². The number of carbonyl (C=O) groups is 2. The highest BCUT2D eigenvalue weighted by Crippen LogP contribution is 2.16. The molecule has 2 rings (SSSR count). The number of benzene rings is 1. The number of amides is 1. The van der Waals surface area contributed by atoms with Crippen LogP contribution in [0, 0.1) is 5.82 Å². The summed E-state index contributed by atoms with van der Waals surface area (Å²) in [4.78, 5) is 27.6. The van der Waals surface area contributed by atoms with Crippen LogP contribution in [0.15, 0.2) is 42.6 Å². The molecular formula is C18H19FN2O4. The first-order valence-electron chi connectivity index (χ1n) is 7.76. The van der Waals surface area contributed by atoms with E-state index in [2.05, 4.69) is 10.3 Å². The van der Waals surface area contributed by atoms with E-state index in [4.69, 9.17) is 4.74 Å². The molecule has 0 aliphatic carbocycles. The molecule has 1 unspecified atom stereocenters. The number of hydrogen-bond acceptors (Lipinski definition) is 4. The van der Waals surface area contributed by atoms with Crippen LogP contribution in [-0.2, 0) is 4.79 Å². The quantitative estimate of drug-likeness (QED) is 0.804. The van der Waals surface area contributed by atoms with Crippen molar-refractivity contribution in [3.63, 3.8) is 0 Å². The highest BCUT2D eigenvalue weighted by molar-refractivity contribution is 5.94. The largest absolute Gasteiger partial charge is 0.481 e. The number of nitrogens with one attached hydrogen (secondary N) is 1. The molecule has 1 atom stereocenters.